The Hall–Kier alpha value is -2.75. The minimum atomic E-state index is -3.47. The van der Waals surface area contributed by atoms with Gasteiger partial charge in [-0.1, -0.05) is 48.5 Å². The summed E-state index contributed by atoms with van der Waals surface area (Å²) in [5.41, 5.74) is 1.05. The first-order valence-electron chi connectivity index (χ1n) is 13.3. The number of rotatable bonds is 12. The van der Waals surface area contributed by atoms with Gasteiger partial charge in [0.1, 0.15) is 12.2 Å². The van der Waals surface area contributed by atoms with Crippen LogP contribution in [-0.2, 0) is 35.5 Å². The lowest BCUT2D eigenvalue weighted by Gasteiger charge is -2.45. The van der Waals surface area contributed by atoms with Crippen molar-refractivity contribution >= 4 is 21.7 Å². The lowest BCUT2D eigenvalue weighted by Crippen LogP contribution is -2.54. The van der Waals surface area contributed by atoms with Crippen LogP contribution < -0.4 is 0 Å². The summed E-state index contributed by atoms with van der Waals surface area (Å²) in [5.74, 6) is -0.950. The molecule has 5 atom stereocenters. The number of hydrogen-bond acceptors (Lipinski definition) is 7. The largest absolute Gasteiger partial charge is 0.462 e. The van der Waals surface area contributed by atoms with Gasteiger partial charge in [-0.25, -0.2) is 8.42 Å². The van der Waals surface area contributed by atoms with Crippen LogP contribution in [0, 0.1) is 5.92 Å². The van der Waals surface area contributed by atoms with Gasteiger partial charge in [-0.15, -0.1) is 0 Å². The molecule has 1 N–H and O–H groups in total. The third-order valence-electron chi connectivity index (χ3n) is 7.58. The van der Waals surface area contributed by atoms with Gasteiger partial charge in [0.05, 0.1) is 23.9 Å². The van der Waals surface area contributed by atoms with Gasteiger partial charge >= 0.3 is 5.97 Å². The Morgan fingerprint density at radius 3 is 2.45 bits per heavy atom. The maximum Gasteiger partial charge on any atom is 0.302 e. The highest BCUT2D eigenvalue weighted by Crippen LogP contribution is 2.40. The Balaban J connectivity index is 1.46. The molecular formula is C29H37NO7S. The predicted octanol–water partition coefficient (Wildman–Crippen LogP) is 3.52. The number of esters is 1. The predicted molar refractivity (Wildman–Crippen MR) is 142 cm³/mol. The number of carbonyl (C=O) groups excluding carboxylic acids is 2. The summed E-state index contributed by atoms with van der Waals surface area (Å²) in [6.45, 7) is 2.19. The molecule has 2 aromatic rings. The maximum atomic E-state index is 13.0. The van der Waals surface area contributed by atoms with Crippen LogP contribution in [0.15, 0.2) is 65.6 Å². The molecule has 2 fully saturated rings. The molecule has 0 saturated carbocycles. The van der Waals surface area contributed by atoms with E-state index in [0.717, 1.165) is 5.56 Å². The second-order valence-corrected chi connectivity index (χ2v) is 12.3. The van der Waals surface area contributed by atoms with Gasteiger partial charge in [0.15, 0.2) is 9.84 Å². The number of carbonyl (C=O) groups is 2. The van der Waals surface area contributed by atoms with E-state index in [-0.39, 0.29) is 34.6 Å². The zero-order valence-electron chi connectivity index (χ0n) is 21.8. The Kier molecular flexibility index (Phi) is 9.57. The fraction of sp³-hybridized carbons (Fsp3) is 0.517. The topological polar surface area (TPSA) is 110 Å². The number of fused-ring (bicyclic) bond motifs is 1. The molecule has 2 aromatic carbocycles. The second-order valence-electron chi connectivity index (χ2n) is 10.2. The number of sulfone groups is 1. The van der Waals surface area contributed by atoms with Crippen LogP contribution in [0.3, 0.4) is 0 Å². The first-order chi connectivity index (χ1) is 18.3. The van der Waals surface area contributed by atoms with Crippen LogP contribution in [0.1, 0.15) is 51.0 Å². The van der Waals surface area contributed by atoms with Crippen LogP contribution in [0.2, 0.25) is 0 Å². The molecule has 206 valence electrons. The van der Waals surface area contributed by atoms with Gasteiger partial charge in [0.25, 0.3) is 5.91 Å². The number of piperidine rings is 1. The molecule has 9 heteroatoms. The first-order valence-corrected chi connectivity index (χ1v) is 15.0. The molecular weight excluding hydrogens is 506 g/mol. The Morgan fingerprint density at radius 2 is 1.76 bits per heavy atom. The van der Waals surface area contributed by atoms with E-state index in [0.29, 0.717) is 51.7 Å². The van der Waals surface area contributed by atoms with E-state index < -0.39 is 28.0 Å². The van der Waals surface area contributed by atoms with Crippen molar-refractivity contribution in [3.8, 4) is 0 Å². The van der Waals surface area contributed by atoms with Crippen molar-refractivity contribution in [2.45, 2.75) is 81.2 Å². The summed E-state index contributed by atoms with van der Waals surface area (Å²) >= 11 is 0. The van der Waals surface area contributed by atoms with Gasteiger partial charge in [-0.3, -0.25) is 9.59 Å². The van der Waals surface area contributed by atoms with Crippen molar-refractivity contribution in [2.24, 2.45) is 5.92 Å². The Labute approximate surface area is 224 Å². The number of aliphatic hydroxyl groups is 1. The van der Waals surface area contributed by atoms with Crippen molar-refractivity contribution in [3.63, 3.8) is 0 Å². The third kappa shape index (κ3) is 7.01. The van der Waals surface area contributed by atoms with Gasteiger partial charge in [0, 0.05) is 37.8 Å². The van der Waals surface area contributed by atoms with Gasteiger partial charge < -0.3 is 19.5 Å². The maximum absolute atomic E-state index is 13.0. The SMILES string of the molecule is CC(=O)O[C@@H](CCOCc1ccccc1)[C@@H]1CC[C@H]2CC(O)C(=O)N2[C@@H]1CCCS(=O)(=O)c1ccccc1. The van der Waals surface area contributed by atoms with Crippen LogP contribution >= 0.6 is 0 Å². The Bertz CT molecular complexity index is 1170. The average molecular weight is 544 g/mol. The number of ether oxygens (including phenoxy) is 2. The zero-order valence-corrected chi connectivity index (χ0v) is 22.6. The molecule has 0 spiro atoms. The first kappa shape index (κ1) is 28.3. The standard InChI is InChI=1S/C29H37NO7S/c1-21(31)37-28(16-17-36-20-22-9-4-2-5-10-22)25-15-14-23-19-27(32)29(33)30(23)26(25)13-8-18-38(34,35)24-11-6-3-7-12-24/h2-7,9-12,23,25-28,32H,8,13-20H2,1H3/t23-,25+,26+,27?,28-/m0/s1. The summed E-state index contributed by atoms with van der Waals surface area (Å²) < 4.78 is 37.4. The molecule has 1 amide bonds. The molecule has 2 heterocycles. The van der Waals surface area contributed by atoms with Gasteiger partial charge in [0.2, 0.25) is 0 Å². The molecule has 2 saturated heterocycles. The highest BCUT2D eigenvalue weighted by atomic mass is 32.2. The molecule has 0 aromatic heterocycles. The molecule has 38 heavy (non-hydrogen) atoms. The van der Waals surface area contributed by atoms with Crippen molar-refractivity contribution in [3.05, 3.63) is 66.2 Å². The van der Waals surface area contributed by atoms with Crippen LogP contribution in [0.25, 0.3) is 0 Å². The van der Waals surface area contributed by atoms with Gasteiger partial charge in [-0.2, -0.15) is 0 Å². The molecule has 0 bridgehead atoms. The highest BCUT2D eigenvalue weighted by molar-refractivity contribution is 7.91. The number of nitrogens with zero attached hydrogens (tertiary/aromatic N) is 1. The van der Waals surface area contributed by atoms with E-state index in [1.54, 1.807) is 35.2 Å². The van der Waals surface area contributed by atoms with Crippen LogP contribution in [0.5, 0.6) is 0 Å². The lowest BCUT2D eigenvalue weighted by molar-refractivity contribution is -0.156. The van der Waals surface area contributed by atoms with E-state index in [9.17, 15) is 23.1 Å². The third-order valence-corrected chi connectivity index (χ3v) is 9.40. The number of hydrogen-bond donors (Lipinski definition) is 1. The van der Waals surface area contributed by atoms with E-state index in [4.69, 9.17) is 9.47 Å². The van der Waals surface area contributed by atoms with Gasteiger partial charge in [-0.05, 0) is 43.4 Å². The Morgan fingerprint density at radius 1 is 1.08 bits per heavy atom. The monoisotopic (exact) mass is 543 g/mol. The normalized spacial score (nSPS) is 24.2. The molecule has 1 unspecified atom stereocenters. The van der Waals surface area contributed by atoms with Crippen LogP contribution in [0.4, 0.5) is 0 Å². The fourth-order valence-electron chi connectivity index (χ4n) is 5.85. The summed E-state index contributed by atoms with van der Waals surface area (Å²) in [7, 11) is -3.47. The van der Waals surface area contributed by atoms with Crippen molar-refractivity contribution in [1.29, 1.82) is 0 Å². The van der Waals surface area contributed by atoms with Crippen LogP contribution in [-0.4, -0.2) is 67.0 Å². The molecule has 0 aliphatic carbocycles. The number of aliphatic hydroxyl groups excluding tert-OH is 1. The highest BCUT2D eigenvalue weighted by Gasteiger charge is 2.49. The molecule has 0 radical (unpaired) electrons. The quantitative estimate of drug-likeness (QED) is 0.322. The van der Waals surface area contributed by atoms with E-state index >= 15 is 0 Å². The van der Waals surface area contributed by atoms with Crippen molar-refractivity contribution in [1.82, 2.24) is 4.90 Å². The lowest BCUT2D eigenvalue weighted by atomic mass is 9.79. The second kappa shape index (κ2) is 12.9. The minimum absolute atomic E-state index is 0.0477. The summed E-state index contributed by atoms with van der Waals surface area (Å²) in [5, 5.41) is 10.3. The molecule has 2 aliphatic rings. The average Bonchev–Trinajstić information content (AvgIpc) is 3.20. The zero-order chi connectivity index (χ0) is 27.1. The van der Waals surface area contributed by atoms with Crippen molar-refractivity contribution < 1.29 is 32.6 Å². The van der Waals surface area contributed by atoms with Crippen molar-refractivity contribution in [2.75, 3.05) is 12.4 Å². The summed E-state index contributed by atoms with van der Waals surface area (Å²) in [6, 6.07) is 17.7. The summed E-state index contributed by atoms with van der Waals surface area (Å²) in [6.07, 6.45) is 1.52. The van der Waals surface area contributed by atoms with E-state index in [2.05, 4.69) is 0 Å². The number of amides is 1. The molecule has 4 rings (SSSR count). The molecule has 2 aliphatic heterocycles. The summed E-state index contributed by atoms with van der Waals surface area (Å²) in [4.78, 5) is 27.0. The number of benzene rings is 2. The fourth-order valence-corrected chi connectivity index (χ4v) is 7.21. The van der Waals surface area contributed by atoms with E-state index in [1.165, 1.54) is 6.92 Å². The minimum Gasteiger partial charge on any atom is -0.462 e. The molecule has 8 nitrogen and oxygen atoms in total. The van der Waals surface area contributed by atoms with E-state index in [1.807, 2.05) is 30.3 Å². The smallest absolute Gasteiger partial charge is 0.302 e.